The van der Waals surface area contributed by atoms with Crippen LogP contribution in [0, 0.1) is 0 Å². The van der Waals surface area contributed by atoms with Crippen LogP contribution in [0.4, 0.5) is 36.2 Å². The molecule has 2 aliphatic heterocycles. The molecule has 2 aromatic heterocycles. The molecule has 0 unspecified atom stereocenters. The first-order valence-electron chi connectivity index (χ1n) is 18.5. The fraction of sp³-hybridized carbons (Fsp3) is 0.282. The van der Waals surface area contributed by atoms with Gasteiger partial charge in [0.25, 0.3) is 1.45 Å². The predicted octanol–water partition coefficient (Wildman–Crippen LogP) is 6.63. The van der Waals surface area contributed by atoms with E-state index in [4.69, 9.17) is 6.09 Å². The second-order valence-corrected chi connectivity index (χ2v) is 14.2. The number of hydrogen-bond donors (Lipinski definition) is 1. The highest BCUT2D eigenvalue weighted by molar-refractivity contribution is 9.10. The second kappa shape index (κ2) is 21.1. The number of aromatic amines is 1. The fourth-order valence-electron chi connectivity index (χ4n) is 6.39. The number of H-pyrrole nitrogens is 1. The molecule has 0 spiro atoms. The average molecular weight is 906 g/mol. The van der Waals surface area contributed by atoms with Crippen molar-refractivity contribution >= 4 is 54.6 Å². The lowest BCUT2D eigenvalue weighted by Gasteiger charge is -2.37. The van der Waals surface area contributed by atoms with Crippen LogP contribution in [0.1, 0.15) is 1.37 Å². The Morgan fingerprint density at radius 3 is 1.18 bits per heavy atom. The molecule has 0 saturated carbocycles. The molecule has 0 aliphatic carbocycles. The molecule has 1 N–H and O–H groups in total. The number of halogens is 5. The highest BCUT2D eigenvalue weighted by Gasteiger charge is 2.19. The van der Waals surface area contributed by atoms with E-state index in [9.17, 15) is 18.4 Å². The summed E-state index contributed by atoms with van der Waals surface area (Å²) in [7, 11) is 1.15. The lowest BCUT2D eigenvalue weighted by atomic mass is 10.2. The number of rotatable bonds is 6. The summed E-state index contributed by atoms with van der Waals surface area (Å²) in [5.74, 6) is 0. The van der Waals surface area contributed by atoms with Crippen LogP contribution in [0.5, 0.6) is 0 Å². The molecule has 2 saturated heterocycles. The van der Waals surface area contributed by atoms with E-state index >= 15 is 0 Å². The van der Waals surface area contributed by atoms with Crippen molar-refractivity contribution in [2.24, 2.45) is 7.05 Å². The Morgan fingerprint density at radius 2 is 0.893 bits per heavy atom. The summed E-state index contributed by atoms with van der Waals surface area (Å²) in [4.78, 5) is 33.2. The molecule has 8 rings (SSSR count). The Kier molecular flexibility index (Phi) is 15.2. The zero-order valence-corrected chi connectivity index (χ0v) is 34.2. The van der Waals surface area contributed by atoms with Crippen LogP contribution < -0.4 is 31.0 Å². The number of piperazine rings is 2. The summed E-state index contributed by atoms with van der Waals surface area (Å²) in [5, 5.41) is 10.2. The minimum Gasteiger partial charge on any atom is -0.368 e. The molecule has 0 amide bonds. The third kappa shape index (κ3) is 10.7. The SMILES string of the molecule is CF.Cn1ncn(-c2ccc(N3CCN(c4ccc(Br)cc4)CC3)cc2)c1=O.O=c1[nH]ncn1-c1ccc(N2CCN(c3ccc(Br)cc3)CC2)cc1.[2H]CF.[3H]F. The minimum atomic E-state index is -1.00. The summed E-state index contributed by atoms with van der Waals surface area (Å²) in [5.41, 5.74) is 6.17. The van der Waals surface area contributed by atoms with Crippen molar-refractivity contribution in [3.63, 3.8) is 0 Å². The van der Waals surface area contributed by atoms with E-state index in [0.717, 1.165) is 72.7 Å². The highest BCUT2D eigenvalue weighted by Crippen LogP contribution is 2.25. The predicted molar refractivity (Wildman–Crippen MR) is 227 cm³/mol. The standard InChI is InChI=1S/C19H20BrN5O.C18H18BrN5O.2CH3F.FH/c1-22-19(26)25(14-21-22)18-8-6-17(7-9-18)24-12-10-23(11-13-24)16-4-2-15(20)3-5-16;19-14-1-3-15(4-2-14)22-9-11-23(12-10-22)16-5-7-17(8-6-16)24-13-20-21-18(24)25;2*1-2;/h2-9,14H,10-13H2,1H3;1-8,13H,9-12H2,(H,21,25);2*1H3;1H/i;;1D;;/hT. The van der Waals surface area contributed by atoms with Crippen LogP contribution in [0.2, 0.25) is 0 Å². The van der Waals surface area contributed by atoms with E-state index in [0.29, 0.717) is 7.18 Å². The Morgan fingerprint density at radius 1 is 0.589 bits per heavy atom. The number of benzene rings is 4. The van der Waals surface area contributed by atoms with Crippen LogP contribution in [0.15, 0.2) is 128 Å². The maximum absolute atomic E-state index is 12.0. The molecule has 2 fully saturated rings. The smallest absolute Gasteiger partial charge is 0.350 e. The fourth-order valence-corrected chi connectivity index (χ4v) is 6.92. The number of aryl methyl sites for hydroxylation is 1. The van der Waals surface area contributed by atoms with E-state index in [1.807, 2.05) is 24.3 Å². The van der Waals surface area contributed by atoms with E-state index in [1.165, 1.54) is 38.3 Å². The second-order valence-electron chi connectivity index (χ2n) is 12.4. The van der Waals surface area contributed by atoms with Crippen LogP contribution in [0.3, 0.4) is 0 Å². The van der Waals surface area contributed by atoms with E-state index in [2.05, 4.69) is 141 Å². The number of hydrogen-bond acceptors (Lipinski definition) is 8. The maximum atomic E-state index is 12.0. The number of anilines is 4. The van der Waals surface area contributed by atoms with Crippen LogP contribution >= 0.6 is 31.9 Å². The van der Waals surface area contributed by atoms with Crippen molar-refractivity contribution in [1.29, 1.82) is 1.45 Å². The van der Waals surface area contributed by atoms with Crippen molar-refractivity contribution in [2.75, 3.05) is 86.3 Å². The topological polar surface area (TPSA) is 103 Å². The minimum absolute atomic E-state index is 0.138. The quantitative estimate of drug-likeness (QED) is 0.199. The van der Waals surface area contributed by atoms with Crippen molar-refractivity contribution in [2.45, 2.75) is 0 Å². The largest absolute Gasteiger partial charge is 0.368 e. The van der Waals surface area contributed by atoms with Gasteiger partial charge in [0.2, 0.25) is 0 Å². The summed E-state index contributed by atoms with van der Waals surface area (Å²) in [6, 6.07) is 33.1. The Hall–Kier alpha value is -5.29. The molecule has 4 heterocycles. The molecule has 4 aromatic carbocycles. The molecule has 0 radical (unpaired) electrons. The molecule has 56 heavy (non-hydrogen) atoms. The molecule has 0 bridgehead atoms. The monoisotopic (exact) mass is 903 g/mol. The van der Waals surface area contributed by atoms with Gasteiger partial charge in [-0.3, -0.25) is 13.5 Å². The van der Waals surface area contributed by atoms with Gasteiger partial charge in [0.1, 0.15) is 12.7 Å². The van der Waals surface area contributed by atoms with Crippen molar-refractivity contribution < 1.29 is 14.9 Å². The third-order valence-electron chi connectivity index (χ3n) is 9.30. The third-order valence-corrected chi connectivity index (χ3v) is 10.4. The molecular weight excluding hydrogens is 857 g/mol. The number of nitrogens with one attached hydrogen (secondary N) is 1. The molecular formula is C39H45Br2F3N10O2. The van der Waals surface area contributed by atoms with Crippen LogP contribution in [-0.2, 0) is 7.05 Å². The van der Waals surface area contributed by atoms with Gasteiger partial charge >= 0.3 is 11.4 Å². The Bertz CT molecular complexity index is 2190. The molecule has 298 valence electrons. The normalized spacial score (nSPS) is 14.0. The molecule has 17 heteroatoms. The number of alkyl halides is 2. The zero-order chi connectivity index (χ0) is 42.0. The van der Waals surface area contributed by atoms with Gasteiger partial charge in [0, 0.05) is 91.1 Å². The van der Waals surface area contributed by atoms with Crippen molar-refractivity contribution in [1.82, 2.24) is 29.1 Å². The van der Waals surface area contributed by atoms with Crippen molar-refractivity contribution in [3.05, 3.63) is 140 Å². The molecule has 6 aromatic rings. The van der Waals surface area contributed by atoms with Gasteiger partial charge in [-0.25, -0.2) is 28.5 Å². The molecule has 2 aliphatic rings. The summed E-state index contributed by atoms with van der Waals surface area (Å²) < 4.78 is 44.6. The molecule has 12 nitrogen and oxygen atoms in total. The van der Waals surface area contributed by atoms with Gasteiger partial charge in [-0.05, 0) is 97.1 Å². The number of nitrogens with zero attached hydrogens (tertiary/aromatic N) is 9. The maximum Gasteiger partial charge on any atom is 0.350 e. The van der Waals surface area contributed by atoms with Crippen LogP contribution in [-0.4, -0.2) is 97.3 Å². The Balaban J connectivity index is 0.000000223. The van der Waals surface area contributed by atoms with Gasteiger partial charge in [-0.1, -0.05) is 31.9 Å². The average Bonchev–Trinajstić information content (AvgIpc) is 3.87. The van der Waals surface area contributed by atoms with Crippen molar-refractivity contribution in [3.8, 4) is 11.4 Å². The van der Waals surface area contributed by atoms with Gasteiger partial charge in [-0.2, -0.15) is 10.2 Å². The van der Waals surface area contributed by atoms with E-state index in [1.54, 1.807) is 17.9 Å². The zero-order valence-electron chi connectivity index (χ0n) is 33.0. The number of aromatic nitrogens is 6. The Labute approximate surface area is 343 Å². The summed E-state index contributed by atoms with van der Waals surface area (Å²) >= 11 is 6.96. The van der Waals surface area contributed by atoms with Crippen LogP contribution in [0.25, 0.3) is 11.4 Å². The first-order chi connectivity index (χ1) is 28.2. The first-order valence-corrected chi connectivity index (χ1v) is 19.0. The summed E-state index contributed by atoms with van der Waals surface area (Å²) in [6.45, 7) is 7.86. The van der Waals surface area contributed by atoms with E-state index < -0.39 is 7.15 Å². The van der Waals surface area contributed by atoms with Gasteiger partial charge in [-0.15, -0.1) is 0 Å². The highest BCUT2D eigenvalue weighted by atomic mass is 79.9. The van der Waals surface area contributed by atoms with E-state index in [-0.39, 0.29) is 11.4 Å². The lowest BCUT2D eigenvalue weighted by Crippen LogP contribution is -2.46. The summed E-state index contributed by atoms with van der Waals surface area (Å²) in [6.07, 6.45) is 3.04. The van der Waals surface area contributed by atoms with Gasteiger partial charge in [0.15, 0.2) is 0 Å². The lowest BCUT2D eigenvalue weighted by molar-refractivity contribution is 0.635. The molecule has 0 atom stereocenters. The van der Waals surface area contributed by atoms with Gasteiger partial charge < -0.3 is 19.6 Å². The first kappa shape index (κ1) is 40.4. The van der Waals surface area contributed by atoms with Gasteiger partial charge in [0.05, 0.1) is 27.1 Å².